The van der Waals surface area contributed by atoms with Crippen LogP contribution < -0.4 is 5.32 Å². The average molecular weight is 238 g/mol. The first-order valence-corrected chi connectivity index (χ1v) is 7.03. The number of thiophene rings is 1. The van der Waals surface area contributed by atoms with Gasteiger partial charge >= 0.3 is 0 Å². The normalized spacial score (nSPS) is 31.8. The van der Waals surface area contributed by atoms with Crippen molar-refractivity contribution in [2.75, 3.05) is 13.1 Å². The lowest BCUT2D eigenvalue weighted by Gasteiger charge is -2.47. The molecule has 2 nitrogen and oxygen atoms in total. The molecule has 90 valence electrons. The Morgan fingerprint density at radius 1 is 1.62 bits per heavy atom. The van der Waals surface area contributed by atoms with E-state index in [1.807, 2.05) is 11.3 Å². The van der Waals surface area contributed by atoms with Crippen LogP contribution in [0.15, 0.2) is 17.5 Å². The second kappa shape index (κ2) is 4.86. The fraction of sp³-hybridized carbons (Fsp3) is 0.692. The first-order chi connectivity index (χ1) is 7.64. The van der Waals surface area contributed by atoms with Crippen molar-refractivity contribution in [3.8, 4) is 0 Å². The molecule has 2 unspecified atom stereocenters. The van der Waals surface area contributed by atoms with E-state index < -0.39 is 0 Å². The molecule has 1 aromatic heterocycles. The summed E-state index contributed by atoms with van der Waals surface area (Å²) in [4.78, 5) is 4.12. The van der Waals surface area contributed by atoms with Crippen LogP contribution in [-0.4, -0.2) is 29.6 Å². The third kappa shape index (κ3) is 2.47. The van der Waals surface area contributed by atoms with Crippen LogP contribution in [0.5, 0.6) is 0 Å². The van der Waals surface area contributed by atoms with E-state index in [2.05, 4.69) is 48.5 Å². The van der Waals surface area contributed by atoms with Gasteiger partial charge in [-0.05, 0) is 31.7 Å². The summed E-state index contributed by atoms with van der Waals surface area (Å²) in [6.07, 6.45) is 1.21. The van der Waals surface area contributed by atoms with E-state index >= 15 is 0 Å². The van der Waals surface area contributed by atoms with Crippen molar-refractivity contribution < 1.29 is 0 Å². The van der Waals surface area contributed by atoms with Crippen LogP contribution in [0, 0.1) is 0 Å². The van der Waals surface area contributed by atoms with E-state index in [1.54, 1.807) is 0 Å². The van der Waals surface area contributed by atoms with Gasteiger partial charge in [0, 0.05) is 36.1 Å². The number of hydrogen-bond acceptors (Lipinski definition) is 3. The van der Waals surface area contributed by atoms with Gasteiger partial charge in [0.05, 0.1) is 0 Å². The van der Waals surface area contributed by atoms with E-state index in [9.17, 15) is 0 Å². The van der Waals surface area contributed by atoms with Crippen LogP contribution in [0.4, 0.5) is 0 Å². The summed E-state index contributed by atoms with van der Waals surface area (Å²) < 4.78 is 0. The number of piperazine rings is 1. The molecule has 2 heterocycles. The lowest BCUT2D eigenvalue weighted by molar-refractivity contribution is 0.0462. The van der Waals surface area contributed by atoms with E-state index in [0.717, 1.165) is 19.6 Å². The first-order valence-electron chi connectivity index (χ1n) is 6.15. The standard InChI is InChI=1S/C13H22N2S/c1-4-13(3)10-14-11(2)8-15(13)9-12-6-5-7-16-12/h5-7,11,14H,4,8-10H2,1-3H3. The van der Waals surface area contributed by atoms with Gasteiger partial charge in [0.1, 0.15) is 0 Å². The molecule has 1 fully saturated rings. The molecule has 2 rings (SSSR count). The summed E-state index contributed by atoms with van der Waals surface area (Å²) in [5, 5.41) is 5.77. The Morgan fingerprint density at radius 2 is 2.44 bits per heavy atom. The number of hydrogen-bond donors (Lipinski definition) is 1. The molecular weight excluding hydrogens is 216 g/mol. The zero-order valence-electron chi connectivity index (χ0n) is 10.5. The molecule has 1 N–H and O–H groups in total. The van der Waals surface area contributed by atoms with Crippen molar-refractivity contribution in [1.29, 1.82) is 0 Å². The van der Waals surface area contributed by atoms with E-state index in [0.29, 0.717) is 11.6 Å². The van der Waals surface area contributed by atoms with Gasteiger partial charge in [0.25, 0.3) is 0 Å². The summed E-state index contributed by atoms with van der Waals surface area (Å²) in [5.74, 6) is 0. The fourth-order valence-electron chi connectivity index (χ4n) is 2.32. The largest absolute Gasteiger partial charge is 0.311 e. The summed E-state index contributed by atoms with van der Waals surface area (Å²) >= 11 is 1.87. The fourth-order valence-corrected chi connectivity index (χ4v) is 3.04. The maximum absolute atomic E-state index is 3.59. The molecule has 0 saturated carbocycles. The molecule has 0 radical (unpaired) electrons. The van der Waals surface area contributed by atoms with Gasteiger partial charge in [0.2, 0.25) is 0 Å². The SMILES string of the molecule is CCC1(C)CNC(C)CN1Cc1cccs1. The topological polar surface area (TPSA) is 15.3 Å². The Balaban J connectivity index is 2.09. The second-order valence-corrected chi connectivity index (χ2v) is 6.12. The highest BCUT2D eigenvalue weighted by molar-refractivity contribution is 7.09. The van der Waals surface area contributed by atoms with Crippen molar-refractivity contribution >= 4 is 11.3 Å². The van der Waals surface area contributed by atoms with Gasteiger partial charge in [-0.15, -0.1) is 11.3 Å². The molecule has 3 heteroatoms. The van der Waals surface area contributed by atoms with Crippen LogP contribution in [0.2, 0.25) is 0 Å². The third-order valence-electron chi connectivity index (χ3n) is 3.78. The molecule has 0 amide bonds. The maximum atomic E-state index is 3.59. The van der Waals surface area contributed by atoms with Crippen LogP contribution in [0.1, 0.15) is 32.1 Å². The quantitative estimate of drug-likeness (QED) is 0.871. The molecule has 1 aliphatic heterocycles. The van der Waals surface area contributed by atoms with Gasteiger partial charge < -0.3 is 5.32 Å². The van der Waals surface area contributed by atoms with Gasteiger partial charge in [-0.3, -0.25) is 4.90 Å². The summed E-state index contributed by atoms with van der Waals surface area (Å²) in [6, 6.07) is 5.00. The molecule has 1 saturated heterocycles. The molecule has 0 spiro atoms. The van der Waals surface area contributed by atoms with Gasteiger partial charge in [-0.1, -0.05) is 13.0 Å². The minimum absolute atomic E-state index is 0.316. The summed E-state index contributed by atoms with van der Waals surface area (Å²) in [5.41, 5.74) is 0.316. The molecular formula is C13H22N2S. The molecule has 16 heavy (non-hydrogen) atoms. The Bertz CT molecular complexity index is 323. The first kappa shape index (κ1) is 12.1. The van der Waals surface area contributed by atoms with Crippen molar-refractivity contribution in [3.05, 3.63) is 22.4 Å². The molecule has 2 atom stereocenters. The predicted molar refractivity (Wildman–Crippen MR) is 70.9 cm³/mol. The van der Waals surface area contributed by atoms with Gasteiger partial charge in [-0.2, -0.15) is 0 Å². The van der Waals surface area contributed by atoms with Crippen molar-refractivity contribution in [3.63, 3.8) is 0 Å². The predicted octanol–water partition coefficient (Wildman–Crippen LogP) is 2.71. The van der Waals surface area contributed by atoms with Crippen molar-refractivity contribution in [1.82, 2.24) is 10.2 Å². The Labute approximate surface area is 103 Å². The summed E-state index contributed by atoms with van der Waals surface area (Å²) in [7, 11) is 0. The zero-order chi connectivity index (χ0) is 11.6. The monoisotopic (exact) mass is 238 g/mol. The highest BCUT2D eigenvalue weighted by atomic mass is 32.1. The van der Waals surface area contributed by atoms with Crippen LogP contribution in [0.3, 0.4) is 0 Å². The smallest absolute Gasteiger partial charge is 0.0334 e. The Kier molecular flexibility index (Phi) is 3.67. The molecule has 1 aliphatic rings. The van der Waals surface area contributed by atoms with Gasteiger partial charge in [0.15, 0.2) is 0 Å². The van der Waals surface area contributed by atoms with E-state index in [1.165, 1.54) is 11.3 Å². The van der Waals surface area contributed by atoms with Gasteiger partial charge in [-0.25, -0.2) is 0 Å². The number of rotatable bonds is 3. The number of nitrogens with one attached hydrogen (secondary N) is 1. The van der Waals surface area contributed by atoms with Crippen LogP contribution >= 0.6 is 11.3 Å². The van der Waals surface area contributed by atoms with E-state index in [4.69, 9.17) is 0 Å². The molecule has 0 aromatic carbocycles. The highest BCUT2D eigenvalue weighted by Gasteiger charge is 2.34. The third-order valence-corrected chi connectivity index (χ3v) is 4.64. The lowest BCUT2D eigenvalue weighted by atomic mass is 9.92. The molecule has 0 aliphatic carbocycles. The summed E-state index contributed by atoms with van der Waals surface area (Å²) in [6.45, 7) is 10.3. The molecule has 0 bridgehead atoms. The number of nitrogens with zero attached hydrogens (tertiary/aromatic N) is 1. The molecule has 1 aromatic rings. The van der Waals surface area contributed by atoms with Crippen molar-refractivity contribution in [2.45, 2.75) is 45.3 Å². The zero-order valence-corrected chi connectivity index (χ0v) is 11.3. The van der Waals surface area contributed by atoms with Crippen LogP contribution in [0.25, 0.3) is 0 Å². The Hall–Kier alpha value is -0.380. The lowest BCUT2D eigenvalue weighted by Crippen LogP contribution is -2.61. The Morgan fingerprint density at radius 3 is 3.06 bits per heavy atom. The maximum Gasteiger partial charge on any atom is 0.0334 e. The average Bonchev–Trinajstić information content (AvgIpc) is 2.77. The van der Waals surface area contributed by atoms with E-state index in [-0.39, 0.29) is 0 Å². The van der Waals surface area contributed by atoms with Crippen molar-refractivity contribution in [2.24, 2.45) is 0 Å². The minimum Gasteiger partial charge on any atom is -0.311 e. The van der Waals surface area contributed by atoms with Crippen LogP contribution in [-0.2, 0) is 6.54 Å². The highest BCUT2D eigenvalue weighted by Crippen LogP contribution is 2.26. The second-order valence-electron chi connectivity index (χ2n) is 5.09. The minimum atomic E-state index is 0.316.